The summed E-state index contributed by atoms with van der Waals surface area (Å²) >= 11 is 0. The van der Waals surface area contributed by atoms with Gasteiger partial charge in [0.15, 0.2) is 5.96 Å². The van der Waals surface area contributed by atoms with Crippen LogP contribution in [-0.2, 0) is 17.3 Å². The lowest BCUT2D eigenvalue weighted by Crippen LogP contribution is -2.32. The largest absolute Gasteiger partial charge is 0.370 e. The average Bonchev–Trinajstić information content (AvgIpc) is 2.34. The molecule has 0 bridgehead atoms. The topological polar surface area (TPSA) is 67.5 Å². The van der Waals surface area contributed by atoms with Gasteiger partial charge in [0.05, 0.1) is 6.54 Å². The number of nitrogens with two attached hydrogens (primary N) is 1. The molecule has 0 aliphatic rings. The predicted molar refractivity (Wildman–Crippen MR) is 87.8 cm³/mol. The van der Waals surface area contributed by atoms with Crippen LogP contribution in [0.25, 0.3) is 0 Å². The highest BCUT2D eigenvalue weighted by molar-refractivity contribution is 14.0. The summed E-state index contributed by atoms with van der Waals surface area (Å²) < 4.78 is 11.2. The molecule has 4 nitrogen and oxygen atoms in total. The number of nitrogens with one attached hydrogen (secondary N) is 1. The zero-order valence-corrected chi connectivity index (χ0v) is 13.8. The van der Waals surface area contributed by atoms with Gasteiger partial charge in [0.25, 0.3) is 0 Å². The predicted octanol–water partition coefficient (Wildman–Crippen LogP) is 1.86. The van der Waals surface area contributed by atoms with E-state index in [4.69, 9.17) is 5.73 Å². The maximum atomic E-state index is 11.2. The fourth-order valence-electron chi connectivity index (χ4n) is 1.27. The summed E-state index contributed by atoms with van der Waals surface area (Å²) in [7, 11) is -0.927. The molecule has 0 saturated carbocycles. The molecule has 1 aromatic carbocycles. The Morgan fingerprint density at radius 2 is 2.00 bits per heavy atom. The van der Waals surface area contributed by atoms with Crippen LogP contribution in [0.3, 0.4) is 0 Å². The van der Waals surface area contributed by atoms with Gasteiger partial charge >= 0.3 is 0 Å². The highest BCUT2D eigenvalue weighted by Gasteiger charge is 1.97. The molecular formula is C12H20IN3OS. The molecule has 18 heavy (non-hydrogen) atoms. The van der Waals surface area contributed by atoms with Gasteiger partial charge in [-0.05, 0) is 24.1 Å². The Balaban J connectivity index is 0.00000289. The van der Waals surface area contributed by atoms with Gasteiger partial charge in [-0.1, -0.05) is 19.1 Å². The molecule has 1 rings (SSSR count). The van der Waals surface area contributed by atoms with Crippen molar-refractivity contribution in [2.24, 2.45) is 10.7 Å². The normalized spacial score (nSPS) is 12.7. The third-order valence-corrected chi connectivity index (χ3v) is 3.18. The van der Waals surface area contributed by atoms with Gasteiger partial charge in [-0.2, -0.15) is 0 Å². The Labute approximate surface area is 128 Å². The molecule has 0 saturated heterocycles. The zero-order chi connectivity index (χ0) is 12.7. The van der Waals surface area contributed by atoms with Crippen LogP contribution in [0.4, 0.5) is 0 Å². The van der Waals surface area contributed by atoms with E-state index in [9.17, 15) is 4.21 Å². The third-order valence-electron chi connectivity index (χ3n) is 2.24. The molecule has 1 unspecified atom stereocenters. The number of hydrogen-bond donors (Lipinski definition) is 2. The molecule has 0 amide bonds. The minimum absolute atomic E-state index is 0. The SMILES string of the molecule is CCCNC(N)=NCc1ccc(S(C)=O)cc1.I. The summed E-state index contributed by atoms with van der Waals surface area (Å²) in [5.74, 6) is 0.468. The average molecular weight is 381 g/mol. The maximum absolute atomic E-state index is 11.2. The zero-order valence-electron chi connectivity index (χ0n) is 10.7. The second kappa shape index (κ2) is 9.32. The summed E-state index contributed by atoms with van der Waals surface area (Å²) in [5.41, 5.74) is 6.73. The van der Waals surface area contributed by atoms with Crippen molar-refractivity contribution in [3.63, 3.8) is 0 Å². The fourth-order valence-corrected chi connectivity index (χ4v) is 1.79. The Bertz CT molecular complexity index is 406. The second-order valence-corrected chi connectivity index (χ2v) is 5.11. The van der Waals surface area contributed by atoms with Gasteiger partial charge in [-0.15, -0.1) is 24.0 Å². The van der Waals surface area contributed by atoms with E-state index in [-0.39, 0.29) is 24.0 Å². The Hall–Kier alpha value is -0.630. The fraction of sp³-hybridized carbons (Fsp3) is 0.417. The maximum Gasteiger partial charge on any atom is 0.188 e. The second-order valence-electron chi connectivity index (χ2n) is 3.73. The van der Waals surface area contributed by atoms with Crippen LogP contribution in [-0.4, -0.2) is 23.0 Å². The van der Waals surface area contributed by atoms with Crippen LogP contribution in [0.2, 0.25) is 0 Å². The molecule has 0 fully saturated rings. The molecular weight excluding hydrogens is 361 g/mol. The summed E-state index contributed by atoms with van der Waals surface area (Å²) in [6.45, 7) is 3.45. The number of nitrogens with zero attached hydrogens (tertiary/aromatic N) is 1. The van der Waals surface area contributed by atoms with Crippen molar-refractivity contribution in [2.75, 3.05) is 12.8 Å². The number of guanidine groups is 1. The minimum atomic E-state index is -0.927. The van der Waals surface area contributed by atoms with Crippen LogP contribution >= 0.6 is 24.0 Å². The van der Waals surface area contributed by atoms with E-state index in [0.717, 1.165) is 23.4 Å². The van der Waals surface area contributed by atoms with E-state index < -0.39 is 10.8 Å². The first kappa shape index (κ1) is 17.4. The van der Waals surface area contributed by atoms with Gasteiger partial charge in [0, 0.05) is 28.5 Å². The van der Waals surface area contributed by atoms with E-state index in [1.54, 1.807) is 6.26 Å². The molecule has 6 heteroatoms. The van der Waals surface area contributed by atoms with Crippen LogP contribution in [0, 0.1) is 0 Å². The molecule has 1 aromatic rings. The van der Waals surface area contributed by atoms with Crippen molar-refractivity contribution in [1.29, 1.82) is 0 Å². The first-order valence-electron chi connectivity index (χ1n) is 5.59. The van der Waals surface area contributed by atoms with Gasteiger partial charge in [0.2, 0.25) is 0 Å². The van der Waals surface area contributed by atoms with E-state index >= 15 is 0 Å². The lowest BCUT2D eigenvalue weighted by Gasteiger charge is -2.03. The number of halogens is 1. The van der Waals surface area contributed by atoms with Gasteiger partial charge in [0.1, 0.15) is 0 Å². The lowest BCUT2D eigenvalue weighted by molar-refractivity contribution is 0.687. The van der Waals surface area contributed by atoms with E-state index in [1.807, 2.05) is 24.3 Å². The minimum Gasteiger partial charge on any atom is -0.370 e. The van der Waals surface area contributed by atoms with Crippen LogP contribution in [0.1, 0.15) is 18.9 Å². The van der Waals surface area contributed by atoms with Crippen molar-refractivity contribution >= 4 is 40.7 Å². The number of aliphatic imine (C=N–C) groups is 1. The van der Waals surface area contributed by atoms with Crippen molar-refractivity contribution < 1.29 is 4.21 Å². The molecule has 102 valence electrons. The van der Waals surface area contributed by atoms with Crippen LogP contribution < -0.4 is 11.1 Å². The first-order chi connectivity index (χ1) is 8.13. The monoisotopic (exact) mass is 381 g/mol. The van der Waals surface area contributed by atoms with E-state index in [2.05, 4.69) is 17.2 Å². The molecule has 3 N–H and O–H groups in total. The smallest absolute Gasteiger partial charge is 0.188 e. The van der Waals surface area contributed by atoms with Crippen molar-refractivity contribution in [3.05, 3.63) is 29.8 Å². The molecule has 0 aliphatic carbocycles. The van der Waals surface area contributed by atoms with E-state index in [1.165, 1.54) is 0 Å². The first-order valence-corrected chi connectivity index (χ1v) is 7.15. The third kappa shape index (κ3) is 6.34. The highest BCUT2D eigenvalue weighted by atomic mass is 127. The van der Waals surface area contributed by atoms with Gasteiger partial charge in [-0.3, -0.25) is 4.21 Å². The Kier molecular flexibility index (Phi) is 8.99. The molecule has 1 atom stereocenters. The molecule has 0 heterocycles. The van der Waals surface area contributed by atoms with Crippen LogP contribution in [0.15, 0.2) is 34.2 Å². The Morgan fingerprint density at radius 3 is 2.50 bits per heavy atom. The number of rotatable bonds is 5. The van der Waals surface area contributed by atoms with Crippen LogP contribution in [0.5, 0.6) is 0 Å². The van der Waals surface area contributed by atoms with Crippen molar-refractivity contribution in [2.45, 2.75) is 24.8 Å². The summed E-state index contributed by atoms with van der Waals surface area (Å²) in [6.07, 6.45) is 2.69. The molecule has 0 aliphatic heterocycles. The molecule has 0 spiro atoms. The Morgan fingerprint density at radius 1 is 1.39 bits per heavy atom. The molecule has 0 radical (unpaired) electrons. The van der Waals surface area contributed by atoms with Crippen molar-refractivity contribution in [1.82, 2.24) is 5.32 Å². The highest BCUT2D eigenvalue weighted by Crippen LogP contribution is 2.08. The van der Waals surface area contributed by atoms with Crippen molar-refractivity contribution in [3.8, 4) is 0 Å². The van der Waals surface area contributed by atoms with Gasteiger partial charge in [-0.25, -0.2) is 4.99 Å². The summed E-state index contributed by atoms with van der Waals surface area (Å²) in [5, 5.41) is 3.01. The van der Waals surface area contributed by atoms with E-state index in [0.29, 0.717) is 12.5 Å². The number of hydrogen-bond acceptors (Lipinski definition) is 2. The summed E-state index contributed by atoms with van der Waals surface area (Å²) in [6, 6.07) is 7.56. The lowest BCUT2D eigenvalue weighted by atomic mass is 10.2. The van der Waals surface area contributed by atoms with Gasteiger partial charge < -0.3 is 11.1 Å². The standard InChI is InChI=1S/C12H19N3OS.HI/c1-3-8-14-12(13)15-9-10-4-6-11(7-5-10)17(2)16;/h4-7H,3,8-9H2,1-2H3,(H3,13,14,15);1H. The number of benzene rings is 1. The molecule has 0 aromatic heterocycles. The summed E-state index contributed by atoms with van der Waals surface area (Å²) in [4.78, 5) is 5.04. The quantitative estimate of drug-likeness (QED) is 0.465.